The molecule has 2 aliphatic rings. The molecule has 0 amide bonds. The summed E-state index contributed by atoms with van der Waals surface area (Å²) in [5.74, 6) is 0.644. The fourth-order valence-corrected chi connectivity index (χ4v) is 2.40. The Morgan fingerprint density at radius 2 is 2.00 bits per heavy atom. The Hall–Kier alpha value is -1.75. The number of fused-ring (bicyclic) bond motifs is 1. The first-order valence-corrected chi connectivity index (χ1v) is 6.95. The minimum Gasteiger partial charge on any atom is -0.489 e. The molecular weight excluding hydrogens is 258 g/mol. The van der Waals surface area contributed by atoms with Crippen molar-refractivity contribution in [1.82, 2.24) is 0 Å². The number of hydrogen-bond donors (Lipinski definition) is 2. The molecule has 3 N–H and O–H groups in total. The van der Waals surface area contributed by atoms with E-state index in [2.05, 4.69) is 0 Å². The van der Waals surface area contributed by atoms with Crippen LogP contribution in [0.2, 0.25) is 0 Å². The molecule has 1 aliphatic carbocycles. The zero-order valence-corrected chi connectivity index (χ0v) is 11.3. The van der Waals surface area contributed by atoms with Gasteiger partial charge < -0.3 is 20.3 Å². The highest BCUT2D eigenvalue weighted by Crippen LogP contribution is 2.49. The summed E-state index contributed by atoms with van der Waals surface area (Å²) in [6.07, 6.45) is 2.80. The van der Waals surface area contributed by atoms with Gasteiger partial charge in [-0.1, -0.05) is 6.07 Å². The predicted octanol–water partition coefficient (Wildman–Crippen LogP) is 2.10. The van der Waals surface area contributed by atoms with E-state index < -0.39 is 5.97 Å². The zero-order chi connectivity index (χ0) is 14.2. The molecular formula is C15H19NO4. The molecule has 0 saturated heterocycles. The first kappa shape index (κ1) is 13.2. The number of carboxylic acid groups (broad SMARTS) is 1. The first-order chi connectivity index (χ1) is 9.58. The highest BCUT2D eigenvalue weighted by molar-refractivity contribution is 5.66. The first-order valence-electron chi connectivity index (χ1n) is 6.95. The molecule has 5 heteroatoms. The van der Waals surface area contributed by atoms with Crippen molar-refractivity contribution in [1.29, 1.82) is 0 Å². The van der Waals surface area contributed by atoms with E-state index in [0.717, 1.165) is 29.9 Å². The van der Waals surface area contributed by atoms with Gasteiger partial charge in [0.2, 0.25) is 0 Å². The molecule has 1 fully saturated rings. The average Bonchev–Trinajstić information content (AvgIpc) is 3.23. The Bertz CT molecular complexity index is 525. The molecule has 0 bridgehead atoms. The van der Waals surface area contributed by atoms with Crippen LogP contribution in [0.25, 0.3) is 0 Å². The van der Waals surface area contributed by atoms with Crippen LogP contribution >= 0.6 is 0 Å². The highest BCUT2D eigenvalue weighted by Gasteiger charge is 2.46. The second-order valence-corrected chi connectivity index (χ2v) is 5.82. The second kappa shape index (κ2) is 4.98. The van der Waals surface area contributed by atoms with E-state index in [4.69, 9.17) is 20.3 Å². The summed E-state index contributed by atoms with van der Waals surface area (Å²) in [7, 11) is 0. The van der Waals surface area contributed by atoms with Crippen LogP contribution < -0.4 is 15.2 Å². The Morgan fingerprint density at radius 3 is 2.65 bits per heavy atom. The molecule has 1 aromatic rings. The van der Waals surface area contributed by atoms with E-state index in [-0.39, 0.29) is 17.9 Å². The minimum atomic E-state index is -0.828. The number of carbonyl (C=O) groups is 1. The number of hydrogen-bond acceptors (Lipinski definition) is 4. The molecule has 1 aliphatic heterocycles. The third-order valence-corrected chi connectivity index (χ3v) is 4.09. The van der Waals surface area contributed by atoms with Gasteiger partial charge >= 0.3 is 5.97 Å². The molecule has 1 aromatic carbocycles. The summed E-state index contributed by atoms with van der Waals surface area (Å²) in [5.41, 5.74) is 7.12. The molecule has 0 radical (unpaired) electrons. The number of ether oxygens (including phenoxy) is 2. The van der Waals surface area contributed by atoms with Gasteiger partial charge in [0.05, 0.1) is 13.2 Å². The number of rotatable bonds is 4. The maximum Gasteiger partial charge on any atom is 0.303 e. The highest BCUT2D eigenvalue weighted by atomic mass is 16.5. The summed E-state index contributed by atoms with van der Waals surface area (Å²) in [5, 5.41) is 8.70. The second-order valence-electron chi connectivity index (χ2n) is 5.82. The van der Waals surface area contributed by atoms with Crippen molar-refractivity contribution in [3.05, 3.63) is 23.8 Å². The third-order valence-electron chi connectivity index (χ3n) is 4.09. The summed E-state index contributed by atoms with van der Waals surface area (Å²) in [6.45, 7) is 1.40. The monoisotopic (exact) mass is 277 g/mol. The van der Waals surface area contributed by atoms with Crippen molar-refractivity contribution in [3.8, 4) is 11.5 Å². The standard InChI is InChI=1S/C15H19NO4/c16-11(2-4-14(17)18)10-1-3-12-13(7-10)20-9-15(5-6-15)8-19-12/h1,3,7,11H,2,4-6,8-9,16H2,(H,17,18). The Labute approximate surface area is 117 Å². The van der Waals surface area contributed by atoms with Crippen LogP contribution in [0, 0.1) is 5.41 Å². The van der Waals surface area contributed by atoms with Crippen LogP contribution in [-0.2, 0) is 4.79 Å². The SMILES string of the molecule is NC(CCC(=O)O)c1ccc2c(c1)OCC1(CC1)CO2. The Balaban J connectivity index is 1.72. The maximum absolute atomic E-state index is 10.6. The van der Waals surface area contributed by atoms with Crippen molar-refractivity contribution in [2.75, 3.05) is 13.2 Å². The van der Waals surface area contributed by atoms with Gasteiger partial charge in [-0.2, -0.15) is 0 Å². The van der Waals surface area contributed by atoms with Gasteiger partial charge in [-0.15, -0.1) is 0 Å². The van der Waals surface area contributed by atoms with Crippen molar-refractivity contribution < 1.29 is 19.4 Å². The van der Waals surface area contributed by atoms with Crippen LogP contribution in [0.5, 0.6) is 11.5 Å². The van der Waals surface area contributed by atoms with Gasteiger partial charge in [0.15, 0.2) is 11.5 Å². The van der Waals surface area contributed by atoms with Gasteiger partial charge in [-0.3, -0.25) is 4.79 Å². The summed E-state index contributed by atoms with van der Waals surface area (Å²) < 4.78 is 11.6. The molecule has 20 heavy (non-hydrogen) atoms. The van der Waals surface area contributed by atoms with E-state index in [1.54, 1.807) is 0 Å². The van der Waals surface area contributed by atoms with E-state index in [1.807, 2.05) is 18.2 Å². The Morgan fingerprint density at radius 1 is 1.30 bits per heavy atom. The number of aliphatic carboxylic acids is 1. The molecule has 1 spiro atoms. The quantitative estimate of drug-likeness (QED) is 0.880. The molecule has 5 nitrogen and oxygen atoms in total. The molecule has 1 atom stereocenters. The largest absolute Gasteiger partial charge is 0.489 e. The summed E-state index contributed by atoms with van der Waals surface area (Å²) in [6, 6.07) is 5.34. The maximum atomic E-state index is 10.6. The van der Waals surface area contributed by atoms with Crippen molar-refractivity contribution in [3.63, 3.8) is 0 Å². The minimum absolute atomic E-state index is 0.0682. The van der Waals surface area contributed by atoms with Gasteiger partial charge in [0.25, 0.3) is 0 Å². The van der Waals surface area contributed by atoms with E-state index in [0.29, 0.717) is 19.6 Å². The molecule has 3 rings (SSSR count). The van der Waals surface area contributed by atoms with Crippen molar-refractivity contribution in [2.24, 2.45) is 11.1 Å². The van der Waals surface area contributed by atoms with Gasteiger partial charge in [0, 0.05) is 17.9 Å². The van der Waals surface area contributed by atoms with Crippen LogP contribution in [0.1, 0.15) is 37.3 Å². The molecule has 1 heterocycles. The summed E-state index contributed by atoms with van der Waals surface area (Å²) in [4.78, 5) is 10.6. The molecule has 1 unspecified atom stereocenters. The van der Waals surface area contributed by atoms with Crippen molar-refractivity contribution >= 4 is 5.97 Å². The number of carboxylic acids is 1. The van der Waals surface area contributed by atoms with Crippen molar-refractivity contribution in [2.45, 2.75) is 31.7 Å². The smallest absolute Gasteiger partial charge is 0.303 e. The normalized spacial score (nSPS) is 20.2. The van der Waals surface area contributed by atoms with E-state index in [9.17, 15) is 4.79 Å². The molecule has 1 saturated carbocycles. The van der Waals surface area contributed by atoms with Gasteiger partial charge in [-0.05, 0) is 37.0 Å². The van der Waals surface area contributed by atoms with E-state index in [1.165, 1.54) is 0 Å². The average molecular weight is 277 g/mol. The lowest BCUT2D eigenvalue weighted by Crippen LogP contribution is -2.17. The van der Waals surface area contributed by atoms with Crippen LogP contribution in [0.3, 0.4) is 0 Å². The topological polar surface area (TPSA) is 81.8 Å². The Kier molecular flexibility index (Phi) is 3.30. The molecule has 0 aromatic heterocycles. The van der Waals surface area contributed by atoms with E-state index >= 15 is 0 Å². The number of benzene rings is 1. The third kappa shape index (κ3) is 2.72. The van der Waals surface area contributed by atoms with Crippen LogP contribution in [0.15, 0.2) is 18.2 Å². The summed E-state index contributed by atoms with van der Waals surface area (Å²) >= 11 is 0. The lowest BCUT2D eigenvalue weighted by atomic mass is 10.0. The van der Waals surface area contributed by atoms with Gasteiger partial charge in [-0.25, -0.2) is 0 Å². The predicted molar refractivity (Wildman–Crippen MR) is 72.9 cm³/mol. The lowest BCUT2D eigenvalue weighted by Gasteiger charge is -2.14. The number of nitrogens with two attached hydrogens (primary N) is 1. The van der Waals surface area contributed by atoms with Gasteiger partial charge in [0.1, 0.15) is 0 Å². The zero-order valence-electron chi connectivity index (χ0n) is 11.3. The fourth-order valence-electron chi connectivity index (χ4n) is 2.40. The molecule has 108 valence electrons. The van der Waals surface area contributed by atoms with Crippen LogP contribution in [0.4, 0.5) is 0 Å². The van der Waals surface area contributed by atoms with Crippen LogP contribution in [-0.4, -0.2) is 24.3 Å². The fraction of sp³-hybridized carbons (Fsp3) is 0.533. The lowest BCUT2D eigenvalue weighted by molar-refractivity contribution is -0.137.